The van der Waals surface area contributed by atoms with Gasteiger partial charge < -0.3 is 18.9 Å². The largest absolute Gasteiger partial charge is 0.493 e. The van der Waals surface area contributed by atoms with Gasteiger partial charge in [0.2, 0.25) is 5.88 Å². The number of anilines is 1. The van der Waals surface area contributed by atoms with Crippen LogP contribution in [0.5, 0.6) is 23.4 Å². The normalized spacial score (nSPS) is 10.5. The van der Waals surface area contributed by atoms with Crippen LogP contribution in [-0.2, 0) is 0 Å². The van der Waals surface area contributed by atoms with Crippen LogP contribution in [-0.4, -0.2) is 49.3 Å². The van der Waals surface area contributed by atoms with Gasteiger partial charge in [-0.25, -0.2) is 4.98 Å². The van der Waals surface area contributed by atoms with Gasteiger partial charge in [-0.05, 0) is 0 Å². The Balaban J connectivity index is 1.90. The molecular weight excluding hydrogens is 360 g/mol. The maximum Gasteiger partial charge on any atom is 0.320 e. The molecule has 2 heterocycles. The third kappa shape index (κ3) is 3.45. The van der Waals surface area contributed by atoms with E-state index in [9.17, 15) is 4.79 Å². The highest BCUT2D eigenvalue weighted by Gasteiger charge is 2.16. The summed E-state index contributed by atoms with van der Waals surface area (Å²) >= 11 is 1.30. The molecule has 0 saturated heterocycles. The molecule has 0 aliphatic carbocycles. The molecule has 0 fully saturated rings. The molecule has 0 saturated carbocycles. The van der Waals surface area contributed by atoms with Gasteiger partial charge in [0.15, 0.2) is 16.6 Å². The minimum absolute atomic E-state index is 0.0354. The fourth-order valence-electron chi connectivity index (χ4n) is 2.19. The van der Waals surface area contributed by atoms with Crippen molar-refractivity contribution in [2.24, 2.45) is 0 Å². The predicted molar refractivity (Wildman–Crippen MR) is 95.8 cm³/mol. The maximum absolute atomic E-state index is 12.5. The van der Waals surface area contributed by atoms with Crippen molar-refractivity contribution < 1.29 is 23.7 Å². The van der Waals surface area contributed by atoms with Gasteiger partial charge in [-0.15, -0.1) is 0 Å². The lowest BCUT2D eigenvalue weighted by Crippen LogP contribution is -2.14. The van der Waals surface area contributed by atoms with E-state index in [1.165, 1.54) is 31.6 Å². The number of thiazole rings is 1. The molecule has 0 bridgehead atoms. The monoisotopic (exact) mass is 376 g/mol. The Labute approximate surface area is 152 Å². The summed E-state index contributed by atoms with van der Waals surface area (Å²) in [5, 5.41) is 3.12. The number of ether oxygens (including phenoxy) is 4. The molecule has 2 aromatic heterocycles. The van der Waals surface area contributed by atoms with Crippen molar-refractivity contribution in [3.05, 3.63) is 23.9 Å². The van der Waals surface area contributed by atoms with E-state index in [1.807, 2.05) is 0 Å². The topological polar surface area (TPSA) is 105 Å². The molecular formula is C16H16N4O5S. The summed E-state index contributed by atoms with van der Waals surface area (Å²) in [6.45, 7) is 0. The van der Waals surface area contributed by atoms with Crippen molar-refractivity contribution in [2.45, 2.75) is 0 Å². The fourth-order valence-corrected chi connectivity index (χ4v) is 3.06. The average molecular weight is 376 g/mol. The Morgan fingerprint density at radius 1 is 0.923 bits per heavy atom. The van der Waals surface area contributed by atoms with Crippen LogP contribution in [0, 0.1) is 0 Å². The third-order valence-corrected chi connectivity index (χ3v) is 4.35. The number of nitrogens with zero attached hydrogens (tertiary/aromatic N) is 3. The summed E-state index contributed by atoms with van der Waals surface area (Å²) in [6.07, 6.45) is 0. The fraction of sp³-hybridized carbons (Fsp3) is 0.250. The molecule has 26 heavy (non-hydrogen) atoms. The van der Waals surface area contributed by atoms with Gasteiger partial charge in [-0.2, -0.15) is 9.97 Å². The zero-order chi connectivity index (χ0) is 18.7. The van der Waals surface area contributed by atoms with E-state index >= 15 is 0 Å². The first-order chi connectivity index (χ1) is 12.6. The van der Waals surface area contributed by atoms with Gasteiger partial charge in [-0.1, -0.05) is 11.3 Å². The molecule has 1 aromatic carbocycles. The Hall–Kier alpha value is -3.14. The smallest absolute Gasteiger partial charge is 0.320 e. The lowest BCUT2D eigenvalue weighted by Gasteiger charge is -2.05. The maximum atomic E-state index is 12.5. The molecule has 136 valence electrons. The minimum atomic E-state index is -0.456. The van der Waals surface area contributed by atoms with Gasteiger partial charge in [0, 0.05) is 18.2 Å². The van der Waals surface area contributed by atoms with Crippen molar-refractivity contribution >= 4 is 32.6 Å². The first-order valence-corrected chi connectivity index (χ1v) is 8.20. The first-order valence-electron chi connectivity index (χ1n) is 7.39. The van der Waals surface area contributed by atoms with Crippen molar-refractivity contribution in [1.29, 1.82) is 0 Å². The SMILES string of the molecule is COc1cc(C(=O)Nc2nc3cc(OC)c(OC)cc3s2)nc(OC)n1. The van der Waals surface area contributed by atoms with E-state index in [0.717, 1.165) is 4.70 Å². The van der Waals surface area contributed by atoms with Crippen LogP contribution < -0.4 is 24.3 Å². The highest BCUT2D eigenvalue weighted by Crippen LogP contribution is 2.36. The van der Waals surface area contributed by atoms with Crippen LogP contribution in [0.4, 0.5) is 5.13 Å². The molecule has 3 rings (SSSR count). The lowest BCUT2D eigenvalue weighted by molar-refractivity contribution is 0.102. The average Bonchev–Trinajstić information content (AvgIpc) is 3.07. The quantitative estimate of drug-likeness (QED) is 0.699. The van der Waals surface area contributed by atoms with Crippen molar-refractivity contribution in [3.63, 3.8) is 0 Å². The molecule has 0 spiro atoms. The Morgan fingerprint density at radius 2 is 1.65 bits per heavy atom. The van der Waals surface area contributed by atoms with Crippen molar-refractivity contribution in [3.8, 4) is 23.4 Å². The molecule has 0 unspecified atom stereocenters. The number of fused-ring (bicyclic) bond motifs is 1. The number of methoxy groups -OCH3 is 4. The Morgan fingerprint density at radius 3 is 2.31 bits per heavy atom. The zero-order valence-corrected chi connectivity index (χ0v) is 15.3. The summed E-state index contributed by atoms with van der Waals surface area (Å²) in [4.78, 5) is 24.8. The van der Waals surface area contributed by atoms with Crippen LogP contribution in [0.2, 0.25) is 0 Å². The first kappa shape index (κ1) is 17.7. The summed E-state index contributed by atoms with van der Waals surface area (Å²) < 4.78 is 21.4. The van der Waals surface area contributed by atoms with E-state index in [1.54, 1.807) is 26.4 Å². The van der Waals surface area contributed by atoms with E-state index in [2.05, 4.69) is 20.3 Å². The number of aromatic nitrogens is 3. The van der Waals surface area contributed by atoms with Crippen LogP contribution in [0.1, 0.15) is 10.5 Å². The number of nitrogens with one attached hydrogen (secondary N) is 1. The lowest BCUT2D eigenvalue weighted by atomic mass is 10.3. The van der Waals surface area contributed by atoms with Crippen LogP contribution in [0.3, 0.4) is 0 Å². The van der Waals surface area contributed by atoms with Crippen molar-refractivity contribution in [1.82, 2.24) is 15.0 Å². The number of carbonyl (C=O) groups excluding carboxylic acids is 1. The predicted octanol–water partition coefficient (Wildman–Crippen LogP) is 2.37. The van der Waals surface area contributed by atoms with Crippen molar-refractivity contribution in [2.75, 3.05) is 33.8 Å². The number of hydrogen-bond donors (Lipinski definition) is 1. The minimum Gasteiger partial charge on any atom is -0.493 e. The molecule has 3 aromatic rings. The number of amides is 1. The van der Waals surface area contributed by atoms with Gasteiger partial charge in [-0.3, -0.25) is 10.1 Å². The zero-order valence-electron chi connectivity index (χ0n) is 14.5. The standard InChI is InChI=1S/C16H16N4O5S/c1-22-10-5-8-12(7-11(10)23-2)26-16(18-8)20-14(21)9-6-13(24-3)19-15(17-9)25-4/h5-7H,1-4H3,(H,18,20,21). The second kappa shape index (κ2) is 7.40. The van der Waals surface area contributed by atoms with Gasteiger partial charge in [0.05, 0.1) is 38.7 Å². The van der Waals surface area contributed by atoms with E-state index in [-0.39, 0.29) is 17.6 Å². The van der Waals surface area contributed by atoms with E-state index in [0.29, 0.717) is 22.1 Å². The van der Waals surface area contributed by atoms with Crippen LogP contribution in [0.15, 0.2) is 18.2 Å². The summed E-state index contributed by atoms with van der Waals surface area (Å²) in [6, 6.07) is 5.00. The second-order valence-corrected chi connectivity index (χ2v) is 5.96. The molecule has 0 aliphatic rings. The Bertz CT molecular complexity index is 896. The molecule has 0 atom stereocenters. The molecule has 1 amide bonds. The van der Waals surface area contributed by atoms with Crippen LogP contribution >= 0.6 is 11.3 Å². The number of carbonyl (C=O) groups is 1. The summed E-state index contributed by atoms with van der Waals surface area (Å²) in [7, 11) is 5.96. The van der Waals surface area contributed by atoms with Gasteiger partial charge >= 0.3 is 6.01 Å². The number of hydrogen-bond acceptors (Lipinski definition) is 9. The molecule has 1 N–H and O–H groups in total. The van der Waals surface area contributed by atoms with E-state index in [4.69, 9.17) is 18.9 Å². The molecule has 0 aliphatic heterocycles. The summed E-state index contributed by atoms with van der Waals surface area (Å²) in [5.74, 6) is 0.919. The molecule has 9 nitrogen and oxygen atoms in total. The van der Waals surface area contributed by atoms with Crippen LogP contribution in [0.25, 0.3) is 10.2 Å². The Kier molecular flexibility index (Phi) is 5.03. The number of rotatable bonds is 6. The second-order valence-electron chi connectivity index (χ2n) is 4.93. The highest BCUT2D eigenvalue weighted by molar-refractivity contribution is 7.22. The van der Waals surface area contributed by atoms with E-state index < -0.39 is 5.91 Å². The number of benzene rings is 1. The van der Waals surface area contributed by atoms with Gasteiger partial charge in [0.25, 0.3) is 5.91 Å². The summed E-state index contributed by atoms with van der Waals surface area (Å²) in [5.41, 5.74) is 0.781. The highest BCUT2D eigenvalue weighted by atomic mass is 32.1. The third-order valence-electron chi connectivity index (χ3n) is 3.42. The van der Waals surface area contributed by atoms with Gasteiger partial charge in [0.1, 0.15) is 5.69 Å². The molecule has 0 radical (unpaired) electrons. The molecule has 10 heteroatoms.